The number of carbonyl (C=O) groups excluding carboxylic acids is 1. The third kappa shape index (κ3) is 5.64. The summed E-state index contributed by atoms with van der Waals surface area (Å²) in [5.74, 6) is -1.28. The molecule has 9 heteroatoms. The van der Waals surface area contributed by atoms with Gasteiger partial charge in [-0.25, -0.2) is 17.2 Å². The van der Waals surface area contributed by atoms with Crippen LogP contribution >= 0.6 is 11.3 Å². The van der Waals surface area contributed by atoms with E-state index in [9.17, 15) is 22.0 Å². The lowest BCUT2D eigenvalue weighted by molar-refractivity contribution is -0.119. The van der Waals surface area contributed by atoms with Crippen molar-refractivity contribution in [3.63, 3.8) is 0 Å². The first-order valence-corrected chi connectivity index (χ1v) is 11.5. The van der Waals surface area contributed by atoms with Gasteiger partial charge < -0.3 is 5.32 Å². The highest BCUT2D eigenvalue weighted by atomic mass is 32.2. The van der Waals surface area contributed by atoms with E-state index in [-0.39, 0.29) is 15.7 Å². The van der Waals surface area contributed by atoms with Crippen molar-refractivity contribution in [2.45, 2.75) is 17.1 Å². The van der Waals surface area contributed by atoms with Crippen molar-refractivity contribution in [1.29, 1.82) is 0 Å². The third-order valence-electron chi connectivity index (χ3n) is 4.32. The zero-order chi connectivity index (χ0) is 21.6. The van der Waals surface area contributed by atoms with Crippen LogP contribution in [0.1, 0.15) is 12.0 Å². The van der Waals surface area contributed by atoms with Gasteiger partial charge in [0.25, 0.3) is 10.0 Å². The summed E-state index contributed by atoms with van der Waals surface area (Å²) >= 11 is 1.04. The lowest BCUT2D eigenvalue weighted by atomic mass is 10.1. The molecule has 0 saturated carbocycles. The molecule has 0 aliphatic heterocycles. The maximum atomic E-state index is 13.3. The molecule has 0 fully saturated rings. The van der Waals surface area contributed by atoms with Crippen LogP contribution in [0, 0.1) is 11.6 Å². The number of aryl methyl sites for hydroxylation is 1. The largest absolute Gasteiger partial charge is 0.355 e. The summed E-state index contributed by atoms with van der Waals surface area (Å²) in [5, 5.41) is 4.33. The minimum Gasteiger partial charge on any atom is -0.355 e. The zero-order valence-electron chi connectivity index (χ0n) is 15.9. The quantitative estimate of drug-likeness (QED) is 0.502. The molecule has 0 spiro atoms. The standard InChI is InChI=1S/C21H20F2N2O3S2/c22-17-7-5-16(6-8-17)3-1-13-24-20(26)15-25(19-11-9-18(23)10-12-19)30(27,28)21-4-2-14-29-21/h2,4-12,14H,1,3,13,15H2,(H,24,26). The molecule has 0 radical (unpaired) electrons. The van der Waals surface area contributed by atoms with E-state index in [0.29, 0.717) is 19.4 Å². The van der Waals surface area contributed by atoms with Crippen LogP contribution in [0.4, 0.5) is 14.5 Å². The second-order valence-electron chi connectivity index (χ2n) is 6.50. The highest BCUT2D eigenvalue weighted by Crippen LogP contribution is 2.26. The fraction of sp³-hybridized carbons (Fsp3) is 0.190. The van der Waals surface area contributed by atoms with Crippen molar-refractivity contribution in [2.75, 3.05) is 17.4 Å². The summed E-state index contributed by atoms with van der Waals surface area (Å²) in [4.78, 5) is 12.4. The Hall–Kier alpha value is -2.78. The molecule has 158 valence electrons. The molecular formula is C21H20F2N2O3S2. The molecule has 5 nitrogen and oxygen atoms in total. The van der Waals surface area contributed by atoms with Crippen molar-refractivity contribution in [3.8, 4) is 0 Å². The minimum absolute atomic E-state index is 0.0935. The van der Waals surface area contributed by atoms with Gasteiger partial charge in [-0.3, -0.25) is 9.10 Å². The van der Waals surface area contributed by atoms with E-state index < -0.39 is 28.3 Å². The molecule has 0 atom stereocenters. The van der Waals surface area contributed by atoms with Crippen LogP contribution in [0.3, 0.4) is 0 Å². The van der Waals surface area contributed by atoms with Crippen molar-refractivity contribution < 1.29 is 22.0 Å². The predicted molar refractivity (Wildman–Crippen MR) is 113 cm³/mol. The van der Waals surface area contributed by atoms with Gasteiger partial charge in [-0.2, -0.15) is 0 Å². The fourth-order valence-electron chi connectivity index (χ4n) is 2.80. The lowest BCUT2D eigenvalue weighted by Crippen LogP contribution is -2.41. The number of nitrogens with one attached hydrogen (secondary N) is 1. The van der Waals surface area contributed by atoms with E-state index in [0.717, 1.165) is 33.3 Å². The van der Waals surface area contributed by atoms with Crippen LogP contribution < -0.4 is 9.62 Å². The van der Waals surface area contributed by atoms with Gasteiger partial charge in [0.05, 0.1) is 5.69 Å². The first-order chi connectivity index (χ1) is 14.4. The fourth-order valence-corrected chi connectivity index (χ4v) is 5.32. The smallest absolute Gasteiger partial charge is 0.274 e. The number of carbonyl (C=O) groups is 1. The maximum Gasteiger partial charge on any atom is 0.274 e. The molecule has 1 heterocycles. The topological polar surface area (TPSA) is 66.5 Å². The monoisotopic (exact) mass is 450 g/mol. The Kier molecular flexibility index (Phi) is 7.17. The highest BCUT2D eigenvalue weighted by molar-refractivity contribution is 7.94. The molecule has 2 aromatic carbocycles. The summed E-state index contributed by atoms with van der Waals surface area (Å²) in [5.41, 5.74) is 1.14. The summed E-state index contributed by atoms with van der Waals surface area (Å²) in [6.45, 7) is -0.0884. The van der Waals surface area contributed by atoms with Crippen LogP contribution in [0.5, 0.6) is 0 Å². The molecular weight excluding hydrogens is 430 g/mol. The van der Waals surface area contributed by atoms with Crippen LogP contribution in [-0.4, -0.2) is 27.4 Å². The summed E-state index contributed by atoms with van der Waals surface area (Å²) in [6, 6.07) is 14.1. The van der Waals surface area contributed by atoms with Gasteiger partial charge >= 0.3 is 0 Å². The highest BCUT2D eigenvalue weighted by Gasteiger charge is 2.28. The second kappa shape index (κ2) is 9.82. The van der Waals surface area contributed by atoms with E-state index in [1.807, 2.05) is 0 Å². The van der Waals surface area contributed by atoms with Gasteiger partial charge in [0.15, 0.2) is 0 Å². The molecule has 30 heavy (non-hydrogen) atoms. The summed E-state index contributed by atoms with van der Waals surface area (Å²) in [6.07, 6.45) is 1.27. The molecule has 0 aliphatic rings. The van der Waals surface area contributed by atoms with Crippen LogP contribution in [0.2, 0.25) is 0 Å². The van der Waals surface area contributed by atoms with Gasteiger partial charge in [-0.1, -0.05) is 18.2 Å². The molecule has 3 aromatic rings. The zero-order valence-corrected chi connectivity index (χ0v) is 17.6. The Morgan fingerprint density at radius 3 is 2.20 bits per heavy atom. The molecule has 3 rings (SSSR count). The van der Waals surface area contributed by atoms with E-state index in [1.54, 1.807) is 23.6 Å². The molecule has 1 N–H and O–H groups in total. The van der Waals surface area contributed by atoms with Gasteiger partial charge in [0.1, 0.15) is 22.4 Å². The van der Waals surface area contributed by atoms with Crippen molar-refractivity contribution in [3.05, 3.63) is 83.2 Å². The van der Waals surface area contributed by atoms with Gasteiger partial charge in [0, 0.05) is 6.54 Å². The number of rotatable bonds is 9. The number of hydrogen-bond acceptors (Lipinski definition) is 4. The van der Waals surface area contributed by atoms with Crippen LogP contribution in [0.25, 0.3) is 0 Å². The number of halogens is 2. The van der Waals surface area contributed by atoms with Crippen molar-refractivity contribution in [2.24, 2.45) is 0 Å². The molecule has 0 bridgehead atoms. The van der Waals surface area contributed by atoms with Gasteiger partial charge in [-0.05, 0) is 66.2 Å². The average molecular weight is 451 g/mol. The van der Waals surface area contributed by atoms with E-state index in [1.165, 1.54) is 30.3 Å². The summed E-state index contributed by atoms with van der Waals surface area (Å²) in [7, 11) is -3.96. The molecule has 1 aromatic heterocycles. The molecule has 0 aliphatic carbocycles. The Balaban J connectivity index is 1.64. The Morgan fingerprint density at radius 1 is 0.967 bits per heavy atom. The predicted octanol–water partition coefficient (Wildman–Crippen LogP) is 3.97. The van der Waals surface area contributed by atoms with Crippen LogP contribution in [-0.2, 0) is 21.2 Å². The van der Waals surface area contributed by atoms with Gasteiger partial charge in [-0.15, -0.1) is 11.3 Å². The van der Waals surface area contributed by atoms with Crippen molar-refractivity contribution in [1.82, 2.24) is 5.32 Å². The van der Waals surface area contributed by atoms with E-state index in [2.05, 4.69) is 5.32 Å². The Bertz CT molecular complexity index is 1070. The number of benzene rings is 2. The van der Waals surface area contributed by atoms with E-state index in [4.69, 9.17) is 0 Å². The Morgan fingerprint density at radius 2 is 1.60 bits per heavy atom. The Labute approximate surface area is 178 Å². The number of amides is 1. The first kappa shape index (κ1) is 21.9. The van der Waals surface area contributed by atoms with E-state index >= 15 is 0 Å². The molecule has 0 unspecified atom stereocenters. The normalized spacial score (nSPS) is 11.3. The molecule has 0 saturated heterocycles. The maximum absolute atomic E-state index is 13.3. The minimum atomic E-state index is -3.96. The van der Waals surface area contributed by atoms with Crippen LogP contribution in [0.15, 0.2) is 70.3 Å². The lowest BCUT2D eigenvalue weighted by Gasteiger charge is -2.23. The average Bonchev–Trinajstić information content (AvgIpc) is 3.27. The third-order valence-corrected chi connectivity index (χ3v) is 7.47. The number of nitrogens with zero attached hydrogens (tertiary/aromatic N) is 1. The number of sulfonamides is 1. The first-order valence-electron chi connectivity index (χ1n) is 9.19. The number of hydrogen-bond donors (Lipinski definition) is 1. The SMILES string of the molecule is O=C(CN(c1ccc(F)cc1)S(=O)(=O)c1cccs1)NCCCc1ccc(F)cc1. The summed E-state index contributed by atoms with van der Waals surface area (Å²) < 4.78 is 53.3. The second-order valence-corrected chi connectivity index (χ2v) is 9.54. The van der Waals surface area contributed by atoms with Crippen molar-refractivity contribution >= 4 is 33.0 Å². The number of thiophene rings is 1. The van der Waals surface area contributed by atoms with Gasteiger partial charge in [0.2, 0.25) is 5.91 Å². The number of anilines is 1. The molecule has 1 amide bonds.